The van der Waals surface area contributed by atoms with E-state index in [4.69, 9.17) is 0 Å². The van der Waals surface area contributed by atoms with Crippen LogP contribution in [-0.2, 0) is 0 Å². The van der Waals surface area contributed by atoms with Crippen LogP contribution in [0.15, 0.2) is 48.5 Å². The Balaban J connectivity index is 1.67. The van der Waals surface area contributed by atoms with E-state index in [1.165, 1.54) is 96.9 Å². The SMILES string of the molecule is C(#CC1CCCCC1)c1c2ccccc2c(C#CC2CCCCC2)c2ccccc12. The van der Waals surface area contributed by atoms with Crippen molar-refractivity contribution in [3.8, 4) is 23.7 Å². The van der Waals surface area contributed by atoms with Crippen molar-refractivity contribution in [3.63, 3.8) is 0 Å². The van der Waals surface area contributed by atoms with Crippen LogP contribution in [0.4, 0.5) is 0 Å². The molecule has 5 rings (SSSR count). The minimum Gasteiger partial charge on any atom is -0.0944 e. The Bertz CT molecular complexity index is 1010. The Labute approximate surface area is 181 Å². The molecule has 150 valence electrons. The van der Waals surface area contributed by atoms with Crippen molar-refractivity contribution >= 4 is 21.5 Å². The molecule has 0 bridgehead atoms. The van der Waals surface area contributed by atoms with E-state index in [1.807, 2.05) is 0 Å². The molecule has 0 saturated heterocycles. The lowest BCUT2D eigenvalue weighted by atomic mass is 9.87. The number of benzene rings is 3. The molecule has 0 aliphatic heterocycles. The van der Waals surface area contributed by atoms with Gasteiger partial charge in [0.15, 0.2) is 0 Å². The van der Waals surface area contributed by atoms with Crippen LogP contribution in [0.2, 0.25) is 0 Å². The lowest BCUT2D eigenvalue weighted by Gasteiger charge is -2.16. The molecule has 0 heteroatoms. The van der Waals surface area contributed by atoms with Gasteiger partial charge in [-0.2, -0.15) is 0 Å². The summed E-state index contributed by atoms with van der Waals surface area (Å²) < 4.78 is 0. The third-order valence-corrected chi connectivity index (χ3v) is 6.94. The molecule has 0 N–H and O–H groups in total. The van der Waals surface area contributed by atoms with Crippen LogP contribution in [0.3, 0.4) is 0 Å². The third kappa shape index (κ3) is 3.98. The first-order chi connectivity index (χ1) is 14.9. The number of hydrogen-bond donors (Lipinski definition) is 0. The number of rotatable bonds is 0. The fourth-order valence-corrected chi connectivity index (χ4v) is 5.24. The highest BCUT2D eigenvalue weighted by Gasteiger charge is 2.14. The zero-order valence-electron chi connectivity index (χ0n) is 17.8. The Morgan fingerprint density at radius 3 is 1.13 bits per heavy atom. The Morgan fingerprint density at radius 2 is 0.800 bits per heavy atom. The largest absolute Gasteiger partial charge is 0.0944 e. The lowest BCUT2D eigenvalue weighted by Crippen LogP contribution is -2.03. The van der Waals surface area contributed by atoms with Gasteiger partial charge in [-0.15, -0.1) is 0 Å². The molecule has 30 heavy (non-hydrogen) atoms. The van der Waals surface area contributed by atoms with Crippen LogP contribution in [0.1, 0.15) is 75.3 Å². The van der Waals surface area contributed by atoms with Crippen LogP contribution in [0.5, 0.6) is 0 Å². The van der Waals surface area contributed by atoms with Gasteiger partial charge >= 0.3 is 0 Å². The molecule has 0 amide bonds. The second kappa shape index (κ2) is 8.98. The van der Waals surface area contributed by atoms with E-state index < -0.39 is 0 Å². The first-order valence-corrected chi connectivity index (χ1v) is 11.9. The predicted octanol–water partition coefficient (Wildman–Crippen LogP) is 7.86. The average Bonchev–Trinajstić information content (AvgIpc) is 2.82. The molecular weight excluding hydrogens is 360 g/mol. The summed E-state index contributed by atoms with van der Waals surface area (Å²) in [6.45, 7) is 0. The first kappa shape index (κ1) is 19.3. The van der Waals surface area contributed by atoms with Gasteiger partial charge in [0.05, 0.1) is 0 Å². The van der Waals surface area contributed by atoms with Crippen molar-refractivity contribution in [2.45, 2.75) is 64.2 Å². The molecule has 2 aliphatic carbocycles. The van der Waals surface area contributed by atoms with Crippen molar-refractivity contribution in [3.05, 3.63) is 59.7 Å². The van der Waals surface area contributed by atoms with Gasteiger partial charge in [0, 0.05) is 23.0 Å². The summed E-state index contributed by atoms with van der Waals surface area (Å²) in [4.78, 5) is 0. The zero-order chi connectivity index (χ0) is 20.2. The van der Waals surface area contributed by atoms with Gasteiger partial charge in [-0.05, 0) is 47.2 Å². The van der Waals surface area contributed by atoms with Crippen molar-refractivity contribution < 1.29 is 0 Å². The monoisotopic (exact) mass is 390 g/mol. The highest BCUT2D eigenvalue weighted by molar-refractivity contribution is 6.09. The van der Waals surface area contributed by atoms with Gasteiger partial charge in [0.25, 0.3) is 0 Å². The van der Waals surface area contributed by atoms with E-state index in [2.05, 4.69) is 72.2 Å². The van der Waals surface area contributed by atoms with Crippen LogP contribution in [-0.4, -0.2) is 0 Å². The van der Waals surface area contributed by atoms with E-state index in [1.54, 1.807) is 0 Å². The summed E-state index contributed by atoms with van der Waals surface area (Å²) in [5, 5.41) is 5.03. The molecule has 0 atom stereocenters. The van der Waals surface area contributed by atoms with Crippen molar-refractivity contribution in [2.75, 3.05) is 0 Å². The summed E-state index contributed by atoms with van der Waals surface area (Å²) in [5.74, 6) is 15.7. The molecule has 2 saturated carbocycles. The van der Waals surface area contributed by atoms with Crippen molar-refractivity contribution in [1.29, 1.82) is 0 Å². The van der Waals surface area contributed by atoms with Crippen LogP contribution < -0.4 is 0 Å². The lowest BCUT2D eigenvalue weighted by molar-refractivity contribution is 0.430. The molecule has 0 radical (unpaired) electrons. The molecule has 0 unspecified atom stereocenters. The number of fused-ring (bicyclic) bond motifs is 2. The summed E-state index contributed by atoms with van der Waals surface area (Å²) >= 11 is 0. The van der Waals surface area contributed by atoms with Crippen LogP contribution in [0, 0.1) is 35.5 Å². The quantitative estimate of drug-likeness (QED) is 0.271. The standard InChI is InChI=1S/C30H30/c1-3-11-23(12-4-1)19-21-29-25-15-7-9-17-27(25)30(28-18-10-8-16-26(28)29)22-20-24-13-5-2-6-14-24/h7-10,15-18,23-24H,1-6,11-14H2. The van der Waals surface area contributed by atoms with Gasteiger partial charge in [0.2, 0.25) is 0 Å². The Kier molecular flexibility index (Phi) is 5.77. The van der Waals surface area contributed by atoms with Gasteiger partial charge in [-0.1, -0.05) is 111 Å². The maximum absolute atomic E-state index is 3.64. The average molecular weight is 391 g/mol. The van der Waals surface area contributed by atoms with Crippen molar-refractivity contribution in [1.82, 2.24) is 0 Å². The first-order valence-electron chi connectivity index (χ1n) is 11.9. The molecule has 3 aromatic rings. The van der Waals surface area contributed by atoms with Gasteiger partial charge < -0.3 is 0 Å². The Morgan fingerprint density at radius 1 is 0.467 bits per heavy atom. The number of hydrogen-bond acceptors (Lipinski definition) is 0. The summed E-state index contributed by atoms with van der Waals surface area (Å²) in [7, 11) is 0. The fourth-order valence-electron chi connectivity index (χ4n) is 5.24. The maximum atomic E-state index is 3.64. The molecule has 3 aromatic carbocycles. The molecule has 0 aromatic heterocycles. The molecule has 0 nitrogen and oxygen atoms in total. The zero-order valence-corrected chi connectivity index (χ0v) is 17.8. The van der Waals surface area contributed by atoms with Crippen molar-refractivity contribution in [2.24, 2.45) is 11.8 Å². The van der Waals surface area contributed by atoms with E-state index in [-0.39, 0.29) is 0 Å². The highest BCUT2D eigenvalue weighted by Crippen LogP contribution is 2.33. The van der Waals surface area contributed by atoms with E-state index in [0.717, 1.165) is 0 Å². The minimum atomic E-state index is 0.557. The predicted molar refractivity (Wildman–Crippen MR) is 128 cm³/mol. The van der Waals surface area contributed by atoms with E-state index in [0.29, 0.717) is 11.8 Å². The topological polar surface area (TPSA) is 0 Å². The fraction of sp³-hybridized carbons (Fsp3) is 0.400. The third-order valence-electron chi connectivity index (χ3n) is 6.94. The smallest absolute Gasteiger partial charge is 0.0403 e. The summed E-state index contributed by atoms with van der Waals surface area (Å²) in [6.07, 6.45) is 13.1. The second-order valence-corrected chi connectivity index (χ2v) is 9.05. The van der Waals surface area contributed by atoms with Gasteiger partial charge in [0.1, 0.15) is 0 Å². The van der Waals surface area contributed by atoms with E-state index in [9.17, 15) is 0 Å². The van der Waals surface area contributed by atoms with Crippen LogP contribution in [0.25, 0.3) is 21.5 Å². The van der Waals surface area contributed by atoms with E-state index >= 15 is 0 Å². The molecule has 2 fully saturated rings. The molecular formula is C30H30. The highest BCUT2D eigenvalue weighted by atomic mass is 14.2. The van der Waals surface area contributed by atoms with Crippen LogP contribution >= 0.6 is 0 Å². The normalized spacial score (nSPS) is 17.9. The molecule has 2 aliphatic rings. The maximum Gasteiger partial charge on any atom is 0.0403 e. The summed E-state index contributed by atoms with van der Waals surface area (Å²) in [5.41, 5.74) is 2.38. The Hall–Kier alpha value is -2.70. The van der Waals surface area contributed by atoms with Gasteiger partial charge in [-0.3, -0.25) is 0 Å². The summed E-state index contributed by atoms with van der Waals surface area (Å²) in [6, 6.07) is 17.5. The second-order valence-electron chi connectivity index (χ2n) is 9.05. The molecule has 0 heterocycles. The van der Waals surface area contributed by atoms with Gasteiger partial charge in [-0.25, -0.2) is 0 Å². The minimum absolute atomic E-state index is 0.557. The molecule has 0 spiro atoms.